The molecule has 0 atom stereocenters. The largest absolute Gasteiger partial charge is 0.294 e. The smallest absolute Gasteiger partial charge is 0.166 e. The van der Waals surface area contributed by atoms with E-state index in [4.69, 9.17) is 0 Å². The Hall–Kier alpha value is -0.0300. The van der Waals surface area contributed by atoms with E-state index >= 15 is 0 Å². The van der Waals surface area contributed by atoms with E-state index in [1.807, 2.05) is 36.0 Å². The quantitative estimate of drug-likeness (QED) is 0.608. The van der Waals surface area contributed by atoms with Gasteiger partial charge >= 0.3 is 0 Å². The Balaban J connectivity index is 2.12. The second kappa shape index (κ2) is 5.34. The number of carbonyl (C=O) groups is 1. The number of halogens is 1. The SMILES string of the molecule is O=C(c1cccc(I)c1)C1CCSCC1. The van der Waals surface area contributed by atoms with Crippen molar-refractivity contribution >= 4 is 40.1 Å². The molecule has 0 amide bonds. The van der Waals surface area contributed by atoms with Gasteiger partial charge < -0.3 is 0 Å². The highest BCUT2D eigenvalue weighted by Gasteiger charge is 2.22. The van der Waals surface area contributed by atoms with Crippen molar-refractivity contribution in [2.24, 2.45) is 5.92 Å². The molecule has 1 aromatic rings. The molecule has 0 bridgehead atoms. The van der Waals surface area contributed by atoms with Crippen molar-refractivity contribution in [1.82, 2.24) is 0 Å². The van der Waals surface area contributed by atoms with Crippen LogP contribution in [0.25, 0.3) is 0 Å². The van der Waals surface area contributed by atoms with Gasteiger partial charge in [0.05, 0.1) is 0 Å². The molecule has 2 rings (SSSR count). The van der Waals surface area contributed by atoms with Gasteiger partial charge in [-0.1, -0.05) is 12.1 Å². The normalized spacial score (nSPS) is 17.7. The third-order valence-electron chi connectivity index (χ3n) is 2.70. The zero-order valence-corrected chi connectivity index (χ0v) is 11.4. The van der Waals surface area contributed by atoms with E-state index < -0.39 is 0 Å². The van der Waals surface area contributed by atoms with E-state index in [1.54, 1.807) is 0 Å². The molecule has 1 saturated heterocycles. The molecule has 1 fully saturated rings. The molecule has 0 unspecified atom stereocenters. The molecule has 1 aliphatic heterocycles. The van der Waals surface area contributed by atoms with Crippen LogP contribution < -0.4 is 0 Å². The van der Waals surface area contributed by atoms with Crippen LogP contribution in [0.3, 0.4) is 0 Å². The molecular weight excluding hydrogens is 319 g/mol. The van der Waals surface area contributed by atoms with E-state index in [-0.39, 0.29) is 5.92 Å². The van der Waals surface area contributed by atoms with Crippen molar-refractivity contribution in [1.29, 1.82) is 0 Å². The third-order valence-corrected chi connectivity index (χ3v) is 4.42. The standard InChI is InChI=1S/C12H13IOS/c13-11-3-1-2-10(8-11)12(14)9-4-6-15-7-5-9/h1-3,8-9H,4-7H2. The predicted octanol–water partition coefficient (Wildman–Crippen LogP) is 3.62. The van der Waals surface area contributed by atoms with Crippen LogP contribution in [0.1, 0.15) is 23.2 Å². The van der Waals surface area contributed by atoms with Crippen LogP contribution in [0.5, 0.6) is 0 Å². The van der Waals surface area contributed by atoms with E-state index in [2.05, 4.69) is 22.6 Å². The number of hydrogen-bond donors (Lipinski definition) is 0. The van der Waals surface area contributed by atoms with Gasteiger partial charge in [0.1, 0.15) is 0 Å². The molecule has 1 aliphatic rings. The van der Waals surface area contributed by atoms with E-state index in [0.29, 0.717) is 5.78 Å². The van der Waals surface area contributed by atoms with Crippen molar-refractivity contribution in [3.05, 3.63) is 33.4 Å². The van der Waals surface area contributed by atoms with Crippen molar-refractivity contribution in [2.45, 2.75) is 12.8 Å². The van der Waals surface area contributed by atoms with Crippen LogP contribution >= 0.6 is 34.4 Å². The van der Waals surface area contributed by atoms with Gasteiger partial charge in [0, 0.05) is 15.1 Å². The van der Waals surface area contributed by atoms with E-state index in [0.717, 1.165) is 33.5 Å². The first-order valence-corrected chi connectivity index (χ1v) is 7.38. The molecule has 0 aromatic heterocycles. The number of ketones is 1. The average Bonchev–Trinajstić information content (AvgIpc) is 2.29. The zero-order chi connectivity index (χ0) is 10.7. The van der Waals surface area contributed by atoms with Gasteiger partial charge in [-0.3, -0.25) is 4.79 Å². The van der Waals surface area contributed by atoms with Crippen LogP contribution in [-0.4, -0.2) is 17.3 Å². The first-order valence-electron chi connectivity index (χ1n) is 5.15. The van der Waals surface area contributed by atoms with Crippen molar-refractivity contribution in [3.8, 4) is 0 Å². The summed E-state index contributed by atoms with van der Waals surface area (Å²) in [4.78, 5) is 12.1. The Morgan fingerprint density at radius 3 is 2.73 bits per heavy atom. The van der Waals surface area contributed by atoms with Gasteiger partial charge in [0.15, 0.2) is 5.78 Å². The molecule has 1 nitrogen and oxygen atoms in total. The lowest BCUT2D eigenvalue weighted by molar-refractivity contribution is 0.0913. The molecule has 0 N–H and O–H groups in total. The fourth-order valence-electron chi connectivity index (χ4n) is 1.84. The molecule has 0 aliphatic carbocycles. The van der Waals surface area contributed by atoms with Gasteiger partial charge in [-0.05, 0) is 59.1 Å². The Bertz CT molecular complexity index is 358. The Labute approximate surface area is 108 Å². The summed E-state index contributed by atoms with van der Waals surface area (Å²) in [5.41, 5.74) is 0.888. The number of carbonyl (C=O) groups excluding carboxylic acids is 1. The fraction of sp³-hybridized carbons (Fsp3) is 0.417. The van der Waals surface area contributed by atoms with Gasteiger partial charge in [-0.2, -0.15) is 11.8 Å². The summed E-state index contributed by atoms with van der Waals surface area (Å²) in [6, 6.07) is 7.91. The van der Waals surface area contributed by atoms with E-state index in [1.165, 1.54) is 0 Å². The third kappa shape index (κ3) is 2.97. The minimum atomic E-state index is 0.268. The highest BCUT2D eigenvalue weighted by atomic mass is 127. The highest BCUT2D eigenvalue weighted by Crippen LogP contribution is 2.26. The molecule has 15 heavy (non-hydrogen) atoms. The van der Waals surface area contributed by atoms with Crippen LogP contribution in [0, 0.1) is 9.49 Å². The van der Waals surface area contributed by atoms with Gasteiger partial charge in [0.25, 0.3) is 0 Å². The summed E-state index contributed by atoms with van der Waals surface area (Å²) in [6.07, 6.45) is 2.10. The van der Waals surface area contributed by atoms with Crippen molar-refractivity contribution < 1.29 is 4.79 Å². The lowest BCUT2D eigenvalue weighted by atomic mass is 9.93. The second-order valence-electron chi connectivity index (χ2n) is 3.76. The van der Waals surface area contributed by atoms with Crippen molar-refractivity contribution in [3.63, 3.8) is 0 Å². The first kappa shape index (κ1) is 11.5. The summed E-state index contributed by atoms with van der Waals surface area (Å²) >= 11 is 4.21. The molecule has 0 radical (unpaired) electrons. The maximum atomic E-state index is 12.1. The maximum absolute atomic E-state index is 12.1. The summed E-state index contributed by atoms with van der Waals surface area (Å²) in [6.45, 7) is 0. The number of hydrogen-bond acceptors (Lipinski definition) is 2. The van der Waals surface area contributed by atoms with Gasteiger partial charge in [-0.15, -0.1) is 0 Å². The molecule has 1 heterocycles. The summed E-state index contributed by atoms with van der Waals surface area (Å²) in [7, 11) is 0. The minimum absolute atomic E-state index is 0.268. The zero-order valence-electron chi connectivity index (χ0n) is 8.41. The average molecular weight is 332 g/mol. The number of thioether (sulfide) groups is 1. The molecule has 0 spiro atoms. The molecule has 0 saturated carbocycles. The van der Waals surface area contributed by atoms with E-state index in [9.17, 15) is 4.79 Å². The fourth-order valence-corrected chi connectivity index (χ4v) is 3.49. The maximum Gasteiger partial charge on any atom is 0.166 e. The van der Waals surface area contributed by atoms with Gasteiger partial charge in [0.2, 0.25) is 0 Å². The molecule has 80 valence electrons. The molecule has 1 aromatic carbocycles. The Morgan fingerprint density at radius 1 is 1.33 bits per heavy atom. The summed E-state index contributed by atoms with van der Waals surface area (Å²) in [5.74, 6) is 2.89. The van der Waals surface area contributed by atoms with Crippen LogP contribution in [0.15, 0.2) is 24.3 Å². The number of rotatable bonds is 2. The predicted molar refractivity (Wildman–Crippen MR) is 73.5 cm³/mol. The topological polar surface area (TPSA) is 17.1 Å². The Kier molecular flexibility index (Phi) is 4.08. The first-order chi connectivity index (χ1) is 7.27. The summed E-state index contributed by atoms with van der Waals surface area (Å²) in [5, 5.41) is 0. The monoisotopic (exact) mass is 332 g/mol. The summed E-state index contributed by atoms with van der Waals surface area (Å²) < 4.78 is 1.14. The number of benzene rings is 1. The minimum Gasteiger partial charge on any atom is -0.294 e. The van der Waals surface area contributed by atoms with Crippen molar-refractivity contribution in [2.75, 3.05) is 11.5 Å². The number of Topliss-reactive ketones (excluding diaryl/α,β-unsaturated/α-hetero) is 1. The Morgan fingerprint density at radius 2 is 2.07 bits per heavy atom. The lowest BCUT2D eigenvalue weighted by Crippen LogP contribution is -2.19. The second-order valence-corrected chi connectivity index (χ2v) is 6.23. The van der Waals surface area contributed by atoms with Crippen LogP contribution in [0.2, 0.25) is 0 Å². The van der Waals surface area contributed by atoms with Crippen LogP contribution in [0.4, 0.5) is 0 Å². The molecule has 3 heteroatoms. The highest BCUT2D eigenvalue weighted by molar-refractivity contribution is 14.1. The molecular formula is C12H13IOS. The lowest BCUT2D eigenvalue weighted by Gasteiger charge is -2.20. The van der Waals surface area contributed by atoms with Crippen LogP contribution in [-0.2, 0) is 0 Å². The van der Waals surface area contributed by atoms with Gasteiger partial charge in [-0.25, -0.2) is 0 Å².